The van der Waals surface area contributed by atoms with Crippen LogP contribution in [0.25, 0.3) is 0 Å². The maximum Gasteiger partial charge on any atom is 0.338 e. The topological polar surface area (TPSA) is 72.9 Å². The summed E-state index contributed by atoms with van der Waals surface area (Å²) in [5, 5.41) is -0.899. The minimum Gasteiger partial charge on any atom is -0.453 e. The Kier molecular flexibility index (Phi) is 13.1. The van der Waals surface area contributed by atoms with E-state index in [0.29, 0.717) is 12.0 Å². The minimum absolute atomic E-state index is 0.0206. The van der Waals surface area contributed by atoms with Crippen molar-refractivity contribution in [1.82, 2.24) is 4.90 Å². The van der Waals surface area contributed by atoms with Crippen molar-refractivity contribution in [2.45, 2.75) is 157 Å². The molecule has 2 fully saturated rings. The van der Waals surface area contributed by atoms with Crippen LogP contribution in [0.3, 0.4) is 0 Å². The van der Waals surface area contributed by atoms with Gasteiger partial charge in [0.1, 0.15) is 11.4 Å². The Balaban J connectivity index is 1.78. The molecule has 6 nitrogen and oxygen atoms in total. The molecule has 0 amide bonds. The third-order valence-electron chi connectivity index (χ3n) is 10.8. The molecular formula is C39H59NO5SSi. The molecule has 2 aliphatic rings. The molecule has 0 N–H and O–H groups in total. The van der Waals surface area contributed by atoms with Gasteiger partial charge in [0.15, 0.2) is 18.2 Å². The number of sulfone groups is 1. The highest BCUT2D eigenvalue weighted by Crippen LogP contribution is 2.43. The normalized spacial score (nSPS) is 24.1. The van der Waals surface area contributed by atoms with Crippen molar-refractivity contribution in [1.29, 1.82) is 0 Å². The number of hydrogen-bond acceptors (Lipinski definition) is 6. The summed E-state index contributed by atoms with van der Waals surface area (Å²) in [5.41, 5.74) is 0.417. The van der Waals surface area contributed by atoms with Gasteiger partial charge in [-0.05, 0) is 93.9 Å². The number of rotatable bonds is 14. The van der Waals surface area contributed by atoms with Gasteiger partial charge < -0.3 is 9.16 Å². The summed E-state index contributed by atoms with van der Waals surface area (Å²) >= 11 is 0. The number of carbonyl (C=O) groups is 1. The molecule has 0 saturated carbocycles. The Bertz CT molecular complexity index is 1410. The first-order chi connectivity index (χ1) is 22.3. The van der Waals surface area contributed by atoms with Crippen LogP contribution in [-0.2, 0) is 19.0 Å². The summed E-state index contributed by atoms with van der Waals surface area (Å²) in [4.78, 5) is 16.4. The molecule has 6 atom stereocenters. The van der Waals surface area contributed by atoms with Gasteiger partial charge in [-0.1, -0.05) is 95.9 Å². The van der Waals surface area contributed by atoms with Gasteiger partial charge >= 0.3 is 5.97 Å². The smallest absolute Gasteiger partial charge is 0.338 e. The number of ether oxygens (including phenoxy) is 1. The molecule has 8 heteroatoms. The minimum atomic E-state index is -3.93. The maximum absolute atomic E-state index is 14.9. The number of allylic oxidation sites excluding steroid dienone is 1. The average molecular weight is 682 g/mol. The predicted octanol–water partition coefficient (Wildman–Crippen LogP) is 9.38. The van der Waals surface area contributed by atoms with E-state index in [1.54, 1.807) is 48.5 Å². The van der Waals surface area contributed by atoms with Gasteiger partial charge in [0.2, 0.25) is 0 Å². The zero-order valence-electron chi connectivity index (χ0n) is 29.9. The molecular weight excluding hydrogens is 623 g/mol. The Morgan fingerprint density at radius 2 is 1.62 bits per heavy atom. The fourth-order valence-corrected chi connectivity index (χ4v) is 10.6. The number of benzene rings is 2. The number of fused-ring (bicyclic) bond motifs is 1. The highest BCUT2D eigenvalue weighted by Gasteiger charge is 2.51. The lowest BCUT2D eigenvalue weighted by molar-refractivity contribution is -0.0606. The van der Waals surface area contributed by atoms with Crippen LogP contribution < -0.4 is 0 Å². The van der Waals surface area contributed by atoms with E-state index in [4.69, 9.17) is 9.16 Å². The maximum atomic E-state index is 14.9. The zero-order chi connectivity index (χ0) is 34.2. The van der Waals surface area contributed by atoms with Crippen molar-refractivity contribution in [3.05, 3.63) is 78.4 Å². The highest BCUT2D eigenvalue weighted by atomic mass is 32.2. The van der Waals surface area contributed by atoms with Gasteiger partial charge in [0.25, 0.3) is 0 Å². The Labute approximate surface area is 286 Å². The van der Waals surface area contributed by atoms with E-state index in [2.05, 4.69) is 52.6 Å². The van der Waals surface area contributed by atoms with E-state index >= 15 is 0 Å². The van der Waals surface area contributed by atoms with Gasteiger partial charge in [-0.3, -0.25) is 4.90 Å². The number of nitrogens with zero attached hydrogens (tertiary/aromatic N) is 1. The standard InChI is InChI=1S/C39H59NO5SSi/c1-8-9-10-11-12-19-27-36(44-38(41)31-21-15-13-16-22-31)37(46(42,43)33-24-17-14-18-25-33)34-26-20-23-32-28-29-35(30(2)40(32)34)45-47(6,7)39(3,4)5/h13-19,21-22,24-25,27,30,32,34-37H,8-12,20,23,26,28-29H2,1-7H3/b27-19+/t30-,32-,34-,35+,36?,37?/m0/s1. The van der Waals surface area contributed by atoms with Gasteiger partial charge in [-0.15, -0.1) is 0 Å². The monoisotopic (exact) mass is 681 g/mol. The van der Waals surface area contributed by atoms with Crippen LogP contribution in [0, 0.1) is 0 Å². The Morgan fingerprint density at radius 3 is 2.26 bits per heavy atom. The van der Waals surface area contributed by atoms with Crippen molar-refractivity contribution in [3.8, 4) is 0 Å². The summed E-state index contributed by atoms with van der Waals surface area (Å²) in [6.45, 7) is 15.8. The lowest BCUT2D eigenvalue weighted by Crippen LogP contribution is -2.65. The Hall–Kier alpha value is -2.26. The SMILES string of the molecule is CCCCCC/C=C/C(OC(=O)c1ccccc1)C([C@@H]1CCC[C@H]2CC[C@@H](O[Si](C)(C)C(C)(C)C)[C@H](C)N21)S(=O)(=O)c1ccccc1. The van der Waals surface area contributed by atoms with Gasteiger partial charge in [-0.2, -0.15) is 0 Å². The number of esters is 1. The zero-order valence-corrected chi connectivity index (χ0v) is 31.7. The van der Waals surface area contributed by atoms with Crippen LogP contribution in [0.4, 0.5) is 0 Å². The summed E-state index contributed by atoms with van der Waals surface area (Å²) in [6, 6.07) is 17.6. The first kappa shape index (κ1) is 37.6. The molecule has 4 rings (SSSR count). The summed E-state index contributed by atoms with van der Waals surface area (Å²) in [7, 11) is -6.00. The molecule has 0 radical (unpaired) electrons. The van der Waals surface area contributed by atoms with Gasteiger partial charge in [-0.25, -0.2) is 13.2 Å². The van der Waals surface area contributed by atoms with E-state index in [1.165, 1.54) is 6.42 Å². The second-order valence-corrected chi connectivity index (χ2v) is 22.0. The second kappa shape index (κ2) is 16.4. The lowest BCUT2D eigenvalue weighted by atomic mass is 9.82. The summed E-state index contributed by atoms with van der Waals surface area (Å²) in [6.07, 6.45) is 12.9. The first-order valence-electron chi connectivity index (χ1n) is 17.9. The van der Waals surface area contributed by atoms with Crippen molar-refractivity contribution in [2.75, 3.05) is 0 Å². The van der Waals surface area contributed by atoms with Crippen LogP contribution in [0.5, 0.6) is 0 Å². The fourth-order valence-electron chi connectivity index (χ4n) is 7.17. The molecule has 0 aliphatic carbocycles. The molecule has 2 aromatic carbocycles. The predicted molar refractivity (Wildman–Crippen MR) is 195 cm³/mol. The fraction of sp³-hybridized carbons (Fsp3) is 0.615. The Morgan fingerprint density at radius 1 is 0.957 bits per heavy atom. The van der Waals surface area contributed by atoms with Crippen molar-refractivity contribution in [3.63, 3.8) is 0 Å². The molecule has 2 unspecified atom stereocenters. The van der Waals surface area contributed by atoms with E-state index in [-0.39, 0.29) is 34.2 Å². The molecule has 260 valence electrons. The summed E-state index contributed by atoms with van der Waals surface area (Å²) < 4.78 is 43.2. The number of carbonyl (C=O) groups excluding carboxylic acids is 1. The molecule has 2 aliphatic heterocycles. The van der Waals surface area contributed by atoms with E-state index in [0.717, 1.165) is 51.4 Å². The van der Waals surface area contributed by atoms with E-state index in [9.17, 15) is 13.2 Å². The molecule has 2 aromatic rings. The van der Waals surface area contributed by atoms with Crippen molar-refractivity contribution < 1.29 is 22.4 Å². The molecule has 47 heavy (non-hydrogen) atoms. The second-order valence-electron chi connectivity index (χ2n) is 15.2. The molecule has 0 aromatic heterocycles. The lowest BCUT2D eigenvalue weighted by Gasteiger charge is -2.55. The van der Waals surface area contributed by atoms with Crippen LogP contribution >= 0.6 is 0 Å². The highest BCUT2D eigenvalue weighted by molar-refractivity contribution is 7.92. The van der Waals surface area contributed by atoms with Crippen LogP contribution in [0.2, 0.25) is 18.1 Å². The number of hydrogen-bond donors (Lipinski definition) is 0. The molecule has 2 heterocycles. The third-order valence-corrected chi connectivity index (χ3v) is 17.6. The quantitative estimate of drug-likeness (QED) is 0.0857. The van der Waals surface area contributed by atoms with Crippen LogP contribution in [0.15, 0.2) is 77.7 Å². The van der Waals surface area contributed by atoms with Crippen molar-refractivity contribution >= 4 is 24.1 Å². The van der Waals surface area contributed by atoms with E-state index in [1.807, 2.05) is 24.3 Å². The summed E-state index contributed by atoms with van der Waals surface area (Å²) in [5.74, 6) is -0.502. The number of piperidine rings is 2. The van der Waals surface area contributed by atoms with Crippen LogP contribution in [-0.4, -0.2) is 63.2 Å². The van der Waals surface area contributed by atoms with Crippen LogP contribution in [0.1, 0.15) is 109 Å². The molecule has 2 saturated heterocycles. The average Bonchev–Trinajstić information content (AvgIpc) is 3.04. The third kappa shape index (κ3) is 9.25. The molecule has 0 bridgehead atoms. The largest absolute Gasteiger partial charge is 0.453 e. The number of unbranched alkanes of at least 4 members (excludes halogenated alkanes) is 4. The first-order valence-corrected chi connectivity index (χ1v) is 22.4. The van der Waals surface area contributed by atoms with Gasteiger partial charge in [0, 0.05) is 18.1 Å². The van der Waals surface area contributed by atoms with Gasteiger partial charge in [0.05, 0.1) is 16.6 Å². The van der Waals surface area contributed by atoms with Crippen molar-refractivity contribution in [2.24, 2.45) is 0 Å². The molecule has 0 spiro atoms. The van der Waals surface area contributed by atoms with E-state index < -0.39 is 35.5 Å².